The molecule has 2 heterocycles. The molecule has 0 aliphatic carbocycles. The maximum Gasteiger partial charge on any atom is 0.317 e. The lowest BCUT2D eigenvalue weighted by Crippen LogP contribution is -2.43. The number of hydrogen-bond acceptors (Lipinski definition) is 3. The van der Waals surface area contributed by atoms with Crippen LogP contribution in [0.25, 0.3) is 0 Å². The van der Waals surface area contributed by atoms with Gasteiger partial charge in [-0.05, 0) is 58.2 Å². The zero-order valence-corrected chi connectivity index (χ0v) is 12.9. The maximum atomic E-state index is 12.0. The van der Waals surface area contributed by atoms with Gasteiger partial charge in [-0.2, -0.15) is 0 Å². The van der Waals surface area contributed by atoms with E-state index in [1.165, 1.54) is 12.8 Å². The smallest absolute Gasteiger partial charge is 0.317 e. The molecule has 0 aromatic carbocycles. The molecule has 2 amide bonds. The summed E-state index contributed by atoms with van der Waals surface area (Å²) in [5.74, 6) is 0.653. The monoisotopic (exact) mass is 283 g/mol. The molecule has 0 unspecified atom stereocenters. The molecule has 0 radical (unpaired) electrons. The summed E-state index contributed by atoms with van der Waals surface area (Å²) in [6.07, 6.45) is 5.99. The lowest BCUT2D eigenvalue weighted by Gasteiger charge is -2.31. The number of amides is 2. The van der Waals surface area contributed by atoms with Gasteiger partial charge in [0, 0.05) is 26.7 Å². The van der Waals surface area contributed by atoms with Crippen LogP contribution in [0.15, 0.2) is 0 Å². The minimum Gasteiger partial charge on any atom is -0.378 e. The largest absolute Gasteiger partial charge is 0.378 e. The zero-order valence-electron chi connectivity index (χ0n) is 12.9. The minimum absolute atomic E-state index is 0.0573. The molecule has 0 aromatic rings. The Labute approximate surface area is 122 Å². The van der Waals surface area contributed by atoms with E-state index in [1.54, 1.807) is 0 Å². The van der Waals surface area contributed by atoms with E-state index in [0.717, 1.165) is 52.0 Å². The molecule has 5 nitrogen and oxygen atoms in total. The van der Waals surface area contributed by atoms with E-state index in [0.29, 0.717) is 12.0 Å². The third kappa shape index (κ3) is 4.94. The van der Waals surface area contributed by atoms with Crippen molar-refractivity contribution in [3.8, 4) is 0 Å². The summed E-state index contributed by atoms with van der Waals surface area (Å²) < 4.78 is 5.56. The molecular weight excluding hydrogens is 254 g/mol. The van der Waals surface area contributed by atoms with Gasteiger partial charge in [0.05, 0.1) is 6.10 Å². The molecule has 2 aliphatic heterocycles. The van der Waals surface area contributed by atoms with Gasteiger partial charge in [-0.15, -0.1) is 0 Å². The van der Waals surface area contributed by atoms with E-state index < -0.39 is 0 Å². The number of piperidine rings is 1. The van der Waals surface area contributed by atoms with E-state index >= 15 is 0 Å². The summed E-state index contributed by atoms with van der Waals surface area (Å²) in [5, 5.41) is 3.00. The van der Waals surface area contributed by atoms with Crippen LogP contribution in [-0.2, 0) is 4.74 Å². The number of ether oxygens (including phenoxy) is 1. The number of carbonyl (C=O) groups excluding carboxylic acids is 1. The summed E-state index contributed by atoms with van der Waals surface area (Å²) >= 11 is 0. The van der Waals surface area contributed by atoms with Gasteiger partial charge in [0.15, 0.2) is 0 Å². The molecule has 5 heteroatoms. The second kappa shape index (κ2) is 7.84. The lowest BCUT2D eigenvalue weighted by molar-refractivity contribution is 0.104. The van der Waals surface area contributed by atoms with Crippen LogP contribution in [0.4, 0.5) is 4.79 Å². The van der Waals surface area contributed by atoms with Gasteiger partial charge >= 0.3 is 6.03 Å². The molecule has 0 saturated carbocycles. The van der Waals surface area contributed by atoms with Crippen molar-refractivity contribution in [3.05, 3.63) is 0 Å². The fraction of sp³-hybridized carbons (Fsp3) is 0.933. The van der Waals surface area contributed by atoms with E-state index in [9.17, 15) is 4.79 Å². The number of likely N-dealkylation sites (tertiary alicyclic amines) is 1. The lowest BCUT2D eigenvalue weighted by atomic mass is 9.97. The van der Waals surface area contributed by atoms with Crippen molar-refractivity contribution in [2.75, 3.05) is 46.9 Å². The Balaban J connectivity index is 1.59. The Morgan fingerprint density at radius 1 is 1.35 bits per heavy atom. The summed E-state index contributed by atoms with van der Waals surface area (Å²) in [4.78, 5) is 16.2. The summed E-state index contributed by atoms with van der Waals surface area (Å²) in [6.45, 7) is 4.79. The third-order valence-electron chi connectivity index (χ3n) is 4.48. The predicted octanol–water partition coefficient (Wildman–Crippen LogP) is 1.54. The minimum atomic E-state index is 0.0573. The normalized spacial score (nSPS) is 24.8. The van der Waals surface area contributed by atoms with Gasteiger partial charge in [0.25, 0.3) is 0 Å². The first-order valence-corrected chi connectivity index (χ1v) is 7.94. The zero-order chi connectivity index (χ0) is 14.4. The van der Waals surface area contributed by atoms with Crippen LogP contribution in [0.5, 0.6) is 0 Å². The first-order chi connectivity index (χ1) is 9.65. The van der Waals surface area contributed by atoms with E-state index in [1.807, 2.05) is 11.9 Å². The average molecular weight is 283 g/mol. The molecule has 2 rings (SSSR count). The highest BCUT2D eigenvalue weighted by Crippen LogP contribution is 2.17. The molecule has 0 aromatic heterocycles. The Morgan fingerprint density at radius 2 is 2.10 bits per heavy atom. The van der Waals surface area contributed by atoms with E-state index in [-0.39, 0.29) is 6.03 Å². The van der Waals surface area contributed by atoms with Crippen LogP contribution in [0.2, 0.25) is 0 Å². The third-order valence-corrected chi connectivity index (χ3v) is 4.48. The second-order valence-electron chi connectivity index (χ2n) is 6.28. The Kier molecular flexibility index (Phi) is 6.10. The highest BCUT2D eigenvalue weighted by molar-refractivity contribution is 5.73. The predicted molar refractivity (Wildman–Crippen MR) is 79.8 cm³/mol. The van der Waals surface area contributed by atoms with Crippen LogP contribution in [0, 0.1) is 5.92 Å². The van der Waals surface area contributed by atoms with Crippen molar-refractivity contribution in [3.63, 3.8) is 0 Å². The van der Waals surface area contributed by atoms with Crippen molar-refractivity contribution in [2.24, 2.45) is 5.92 Å². The number of nitrogens with zero attached hydrogens (tertiary/aromatic N) is 2. The topological polar surface area (TPSA) is 44.8 Å². The van der Waals surface area contributed by atoms with E-state index in [4.69, 9.17) is 4.74 Å². The quantitative estimate of drug-likeness (QED) is 0.832. The summed E-state index contributed by atoms with van der Waals surface area (Å²) in [5.41, 5.74) is 0. The van der Waals surface area contributed by atoms with Crippen LogP contribution in [0.3, 0.4) is 0 Å². The molecule has 116 valence electrons. The fourth-order valence-electron chi connectivity index (χ4n) is 3.06. The molecule has 1 atom stereocenters. The van der Waals surface area contributed by atoms with Crippen molar-refractivity contribution in [1.29, 1.82) is 0 Å². The van der Waals surface area contributed by atoms with Crippen molar-refractivity contribution >= 4 is 6.03 Å². The number of urea groups is 1. The maximum absolute atomic E-state index is 12.0. The van der Waals surface area contributed by atoms with Gasteiger partial charge < -0.3 is 19.9 Å². The second-order valence-corrected chi connectivity index (χ2v) is 6.28. The molecule has 0 bridgehead atoms. The highest BCUT2D eigenvalue weighted by Gasteiger charge is 2.20. The van der Waals surface area contributed by atoms with Crippen molar-refractivity contribution in [1.82, 2.24) is 15.1 Å². The van der Waals surface area contributed by atoms with E-state index in [2.05, 4.69) is 17.3 Å². The molecule has 0 spiro atoms. The average Bonchev–Trinajstić information content (AvgIpc) is 2.94. The number of carbonyl (C=O) groups is 1. The summed E-state index contributed by atoms with van der Waals surface area (Å²) in [6, 6.07) is 0.0573. The Hall–Kier alpha value is -0.810. The molecule has 1 N–H and O–H groups in total. The molecule has 2 aliphatic rings. The van der Waals surface area contributed by atoms with Gasteiger partial charge in [0.2, 0.25) is 0 Å². The van der Waals surface area contributed by atoms with Crippen LogP contribution < -0.4 is 5.32 Å². The number of hydrogen-bond donors (Lipinski definition) is 1. The molecule has 20 heavy (non-hydrogen) atoms. The first kappa shape index (κ1) is 15.6. The van der Waals surface area contributed by atoms with Gasteiger partial charge in [-0.25, -0.2) is 4.79 Å². The van der Waals surface area contributed by atoms with Crippen LogP contribution >= 0.6 is 0 Å². The van der Waals surface area contributed by atoms with Gasteiger partial charge in [-0.3, -0.25) is 0 Å². The fourth-order valence-corrected chi connectivity index (χ4v) is 3.06. The molecule has 2 saturated heterocycles. The van der Waals surface area contributed by atoms with Crippen molar-refractivity contribution < 1.29 is 9.53 Å². The number of rotatable bonds is 5. The molecule has 2 fully saturated rings. The Bertz CT molecular complexity index is 297. The number of nitrogens with one attached hydrogen (secondary N) is 1. The van der Waals surface area contributed by atoms with Crippen LogP contribution in [-0.4, -0.2) is 68.8 Å². The SMILES string of the molecule is CN1CCC(CN(C)C(=O)NCC[C@H]2CCCO2)CC1. The summed E-state index contributed by atoms with van der Waals surface area (Å²) in [7, 11) is 4.07. The van der Waals surface area contributed by atoms with Crippen LogP contribution in [0.1, 0.15) is 32.1 Å². The molecular formula is C15H29N3O2. The highest BCUT2D eigenvalue weighted by atomic mass is 16.5. The Morgan fingerprint density at radius 3 is 2.75 bits per heavy atom. The van der Waals surface area contributed by atoms with Gasteiger partial charge in [0.1, 0.15) is 0 Å². The van der Waals surface area contributed by atoms with Gasteiger partial charge in [-0.1, -0.05) is 0 Å². The first-order valence-electron chi connectivity index (χ1n) is 7.94. The standard InChI is InChI=1S/C15H29N3O2/c1-17-9-6-13(7-10-17)12-18(2)15(19)16-8-5-14-4-3-11-20-14/h13-14H,3-12H2,1-2H3,(H,16,19)/t14-/m1/s1. The van der Waals surface area contributed by atoms with Crippen molar-refractivity contribution in [2.45, 2.75) is 38.2 Å².